The lowest BCUT2D eigenvalue weighted by molar-refractivity contribution is -0.140. The summed E-state index contributed by atoms with van der Waals surface area (Å²) < 4.78 is 11.8. The Kier molecular flexibility index (Phi) is 5.84. The molecule has 0 N–H and O–H groups in total. The highest BCUT2D eigenvalue weighted by Gasteiger charge is 2.16. The molecule has 0 radical (unpaired) electrons. The zero-order valence-electron chi connectivity index (χ0n) is 16.8. The molecule has 0 spiro atoms. The van der Waals surface area contributed by atoms with E-state index in [1.54, 1.807) is 37.5 Å². The van der Waals surface area contributed by atoms with Gasteiger partial charge in [-0.15, -0.1) is 5.10 Å². The summed E-state index contributed by atoms with van der Waals surface area (Å²) in [6.07, 6.45) is 1.70. The van der Waals surface area contributed by atoms with Gasteiger partial charge in [-0.1, -0.05) is 65.9 Å². The second kappa shape index (κ2) is 9.04. The van der Waals surface area contributed by atoms with Crippen molar-refractivity contribution in [2.24, 2.45) is 0 Å². The SMILES string of the molecule is COc1ccccc1/C=C(/C(=O)OCn1nnc2ccccc2c1=O)c1ccccc1. The Morgan fingerprint density at radius 3 is 2.48 bits per heavy atom. The Morgan fingerprint density at radius 2 is 1.68 bits per heavy atom. The van der Waals surface area contributed by atoms with Crippen LogP contribution in [0, 0.1) is 0 Å². The highest BCUT2D eigenvalue weighted by Crippen LogP contribution is 2.25. The Bertz CT molecular complexity index is 1310. The van der Waals surface area contributed by atoms with E-state index in [0.717, 1.165) is 10.2 Å². The van der Waals surface area contributed by atoms with Gasteiger partial charge in [-0.05, 0) is 29.8 Å². The van der Waals surface area contributed by atoms with Crippen molar-refractivity contribution in [1.82, 2.24) is 15.0 Å². The van der Waals surface area contributed by atoms with E-state index < -0.39 is 5.97 Å². The van der Waals surface area contributed by atoms with Gasteiger partial charge in [0.1, 0.15) is 11.3 Å². The summed E-state index contributed by atoms with van der Waals surface area (Å²) in [5.41, 5.74) is 1.83. The Balaban J connectivity index is 1.65. The fourth-order valence-electron chi connectivity index (χ4n) is 3.12. The van der Waals surface area contributed by atoms with E-state index in [4.69, 9.17) is 9.47 Å². The summed E-state index contributed by atoms with van der Waals surface area (Å²) in [6.45, 7) is -0.356. The zero-order chi connectivity index (χ0) is 21.6. The topological polar surface area (TPSA) is 83.3 Å². The molecule has 1 aromatic heterocycles. The number of benzene rings is 3. The normalized spacial score (nSPS) is 11.3. The fraction of sp³-hybridized carbons (Fsp3) is 0.0833. The van der Waals surface area contributed by atoms with Gasteiger partial charge in [0, 0.05) is 5.56 Å². The van der Waals surface area contributed by atoms with Crippen LogP contribution in [0.1, 0.15) is 11.1 Å². The number of aromatic nitrogens is 3. The molecule has 1 heterocycles. The summed E-state index contributed by atoms with van der Waals surface area (Å²) in [7, 11) is 1.57. The van der Waals surface area contributed by atoms with Gasteiger partial charge in [-0.2, -0.15) is 4.68 Å². The second-order valence-electron chi connectivity index (χ2n) is 6.64. The van der Waals surface area contributed by atoms with E-state index in [1.165, 1.54) is 0 Å². The van der Waals surface area contributed by atoms with E-state index >= 15 is 0 Å². The Hall–Kier alpha value is -4.26. The van der Waals surface area contributed by atoms with Crippen LogP contribution in [0.3, 0.4) is 0 Å². The summed E-state index contributed by atoms with van der Waals surface area (Å²) in [5.74, 6) is 0.0271. The minimum Gasteiger partial charge on any atom is -0.496 e. The maximum atomic E-state index is 13.0. The van der Waals surface area contributed by atoms with Crippen LogP contribution >= 0.6 is 0 Å². The van der Waals surface area contributed by atoms with Crippen LogP contribution < -0.4 is 10.3 Å². The molecular formula is C24H19N3O4. The third-order valence-electron chi connectivity index (χ3n) is 4.69. The standard InChI is InChI=1S/C24H19N3O4/c1-30-22-14-8-5-11-18(22)15-20(17-9-3-2-4-10-17)24(29)31-16-27-23(28)19-12-6-7-13-21(19)25-26-27/h2-15H,16H2,1H3/b20-15+. The van der Waals surface area contributed by atoms with Crippen LogP contribution in [0.25, 0.3) is 22.6 Å². The molecule has 7 heteroatoms. The first-order valence-corrected chi connectivity index (χ1v) is 9.57. The van der Waals surface area contributed by atoms with Crippen LogP contribution in [-0.4, -0.2) is 28.1 Å². The Labute approximate surface area is 178 Å². The molecule has 0 saturated heterocycles. The Morgan fingerprint density at radius 1 is 0.968 bits per heavy atom. The molecule has 4 rings (SSSR count). The minimum absolute atomic E-state index is 0.326. The van der Waals surface area contributed by atoms with E-state index in [1.807, 2.05) is 54.6 Å². The van der Waals surface area contributed by atoms with Gasteiger partial charge in [0.25, 0.3) is 5.56 Å². The molecule has 0 aliphatic rings. The predicted octanol–water partition coefficient (Wildman–Crippen LogP) is 3.54. The van der Waals surface area contributed by atoms with Crippen molar-refractivity contribution in [2.45, 2.75) is 6.73 Å². The maximum absolute atomic E-state index is 13.0. The maximum Gasteiger partial charge on any atom is 0.340 e. The number of hydrogen-bond donors (Lipinski definition) is 0. The lowest BCUT2D eigenvalue weighted by atomic mass is 10.0. The smallest absolute Gasteiger partial charge is 0.340 e. The third kappa shape index (κ3) is 4.35. The number of methoxy groups -OCH3 is 1. The van der Waals surface area contributed by atoms with Crippen molar-refractivity contribution >= 4 is 28.5 Å². The molecule has 31 heavy (non-hydrogen) atoms. The van der Waals surface area contributed by atoms with Crippen LogP contribution in [0.4, 0.5) is 0 Å². The van der Waals surface area contributed by atoms with Gasteiger partial charge in [0.05, 0.1) is 18.1 Å². The molecule has 3 aromatic carbocycles. The fourth-order valence-corrected chi connectivity index (χ4v) is 3.12. The van der Waals surface area contributed by atoms with Crippen molar-refractivity contribution in [3.8, 4) is 5.75 Å². The molecule has 0 fully saturated rings. The number of fused-ring (bicyclic) bond motifs is 1. The van der Waals surface area contributed by atoms with Gasteiger partial charge in [-0.25, -0.2) is 4.79 Å². The number of hydrogen-bond acceptors (Lipinski definition) is 6. The number of para-hydroxylation sites is 1. The van der Waals surface area contributed by atoms with Crippen LogP contribution in [0.2, 0.25) is 0 Å². The van der Waals surface area contributed by atoms with E-state index in [-0.39, 0.29) is 12.3 Å². The third-order valence-corrected chi connectivity index (χ3v) is 4.69. The predicted molar refractivity (Wildman–Crippen MR) is 117 cm³/mol. The molecule has 0 aliphatic carbocycles. The second-order valence-corrected chi connectivity index (χ2v) is 6.64. The molecule has 0 atom stereocenters. The van der Waals surface area contributed by atoms with Gasteiger partial charge < -0.3 is 9.47 Å². The summed E-state index contributed by atoms with van der Waals surface area (Å²) >= 11 is 0. The lowest BCUT2D eigenvalue weighted by Crippen LogP contribution is -2.26. The number of nitrogens with zero attached hydrogens (tertiary/aromatic N) is 3. The number of carbonyl (C=O) groups excluding carboxylic acids is 1. The van der Waals surface area contributed by atoms with E-state index in [0.29, 0.717) is 27.8 Å². The molecule has 0 bridgehead atoms. The monoisotopic (exact) mass is 413 g/mol. The summed E-state index contributed by atoms with van der Waals surface area (Å²) in [6, 6.07) is 23.4. The van der Waals surface area contributed by atoms with Crippen molar-refractivity contribution < 1.29 is 14.3 Å². The molecule has 0 amide bonds. The number of esters is 1. The van der Waals surface area contributed by atoms with Crippen molar-refractivity contribution in [3.63, 3.8) is 0 Å². The number of rotatable bonds is 6. The largest absolute Gasteiger partial charge is 0.496 e. The molecular weight excluding hydrogens is 394 g/mol. The molecule has 154 valence electrons. The number of ether oxygens (including phenoxy) is 2. The molecule has 0 unspecified atom stereocenters. The van der Waals surface area contributed by atoms with E-state index in [9.17, 15) is 9.59 Å². The quantitative estimate of drug-likeness (QED) is 0.273. The van der Waals surface area contributed by atoms with Crippen molar-refractivity contribution in [2.75, 3.05) is 7.11 Å². The van der Waals surface area contributed by atoms with Gasteiger partial charge in [0.2, 0.25) is 0 Å². The molecule has 4 aromatic rings. The highest BCUT2D eigenvalue weighted by molar-refractivity contribution is 6.21. The highest BCUT2D eigenvalue weighted by atomic mass is 16.5. The number of carbonyl (C=O) groups is 1. The molecule has 0 aliphatic heterocycles. The van der Waals surface area contributed by atoms with Gasteiger partial charge in [0.15, 0.2) is 6.73 Å². The summed E-state index contributed by atoms with van der Waals surface area (Å²) in [4.78, 5) is 25.6. The van der Waals surface area contributed by atoms with Gasteiger partial charge in [-0.3, -0.25) is 4.79 Å². The average Bonchev–Trinajstić information content (AvgIpc) is 2.83. The van der Waals surface area contributed by atoms with Crippen LogP contribution in [0.15, 0.2) is 83.7 Å². The van der Waals surface area contributed by atoms with Crippen LogP contribution in [-0.2, 0) is 16.3 Å². The minimum atomic E-state index is -0.598. The van der Waals surface area contributed by atoms with Crippen LogP contribution in [0.5, 0.6) is 5.75 Å². The van der Waals surface area contributed by atoms with Crippen molar-refractivity contribution in [3.05, 3.63) is 100 Å². The molecule has 7 nitrogen and oxygen atoms in total. The van der Waals surface area contributed by atoms with Crippen molar-refractivity contribution in [1.29, 1.82) is 0 Å². The lowest BCUT2D eigenvalue weighted by Gasteiger charge is -2.11. The average molecular weight is 413 g/mol. The first-order chi connectivity index (χ1) is 15.2. The summed E-state index contributed by atoms with van der Waals surface area (Å²) in [5, 5.41) is 8.27. The molecule has 0 saturated carbocycles. The van der Waals surface area contributed by atoms with E-state index in [2.05, 4.69) is 10.3 Å². The zero-order valence-corrected chi connectivity index (χ0v) is 16.8. The van der Waals surface area contributed by atoms with Gasteiger partial charge >= 0.3 is 5.97 Å². The first-order valence-electron chi connectivity index (χ1n) is 9.57. The first kappa shape index (κ1) is 20.0.